The fourth-order valence-electron chi connectivity index (χ4n) is 3.94. The van der Waals surface area contributed by atoms with Crippen LogP contribution in [0.4, 0.5) is 0 Å². The minimum Gasteiger partial charge on any atom is -0.490 e. The van der Waals surface area contributed by atoms with Crippen molar-refractivity contribution in [2.75, 3.05) is 13.1 Å². The summed E-state index contributed by atoms with van der Waals surface area (Å²) in [5, 5.41) is 2.75. The lowest BCUT2D eigenvalue weighted by Gasteiger charge is -2.29. The molecule has 1 atom stereocenters. The lowest BCUT2D eigenvalue weighted by atomic mass is 10.1. The van der Waals surface area contributed by atoms with Gasteiger partial charge in [0.05, 0.1) is 4.90 Å². The normalized spacial score (nSPS) is 19.1. The first kappa shape index (κ1) is 23.1. The van der Waals surface area contributed by atoms with Gasteiger partial charge < -0.3 is 9.47 Å². The number of sulfonamides is 1. The Morgan fingerprint density at radius 1 is 1.23 bits per heavy atom. The number of nitrogens with one attached hydrogen (secondary N) is 1. The highest BCUT2D eigenvalue weighted by Crippen LogP contribution is 2.39. The second kappa shape index (κ2) is 9.21. The van der Waals surface area contributed by atoms with Gasteiger partial charge in [0.1, 0.15) is 23.4 Å². The van der Waals surface area contributed by atoms with E-state index in [1.807, 2.05) is 13.8 Å². The molecule has 3 aliphatic heterocycles. The number of nitrogens with zero attached hydrogens (tertiary/aromatic N) is 2. The van der Waals surface area contributed by atoms with Crippen LogP contribution in [0.3, 0.4) is 0 Å². The Morgan fingerprint density at radius 3 is 2.71 bits per heavy atom. The highest BCUT2D eigenvalue weighted by molar-refractivity contribution is 7.89. The molecule has 9 heteroatoms. The molecule has 2 aromatic rings. The molecule has 1 amide bonds. The molecule has 3 aliphatic rings. The highest BCUT2D eigenvalue weighted by atomic mass is 32.2. The summed E-state index contributed by atoms with van der Waals surface area (Å²) >= 11 is 0. The van der Waals surface area contributed by atoms with Gasteiger partial charge in [0.2, 0.25) is 10.0 Å². The van der Waals surface area contributed by atoms with Crippen LogP contribution in [0.15, 0.2) is 58.1 Å². The summed E-state index contributed by atoms with van der Waals surface area (Å²) < 4.78 is 38.7. The summed E-state index contributed by atoms with van der Waals surface area (Å²) in [5.74, 6) is 7.27. The molecule has 5 rings (SSSR count). The van der Waals surface area contributed by atoms with Crippen molar-refractivity contribution in [3.05, 3.63) is 59.3 Å². The first-order chi connectivity index (χ1) is 16.8. The Bertz CT molecular complexity index is 1410. The van der Waals surface area contributed by atoms with Crippen LogP contribution in [0.5, 0.6) is 17.2 Å². The summed E-state index contributed by atoms with van der Waals surface area (Å²) in [6.07, 6.45) is 3.74. The Morgan fingerprint density at radius 2 is 2.00 bits per heavy atom. The summed E-state index contributed by atoms with van der Waals surface area (Å²) in [4.78, 5) is 17.4. The molecule has 1 unspecified atom stereocenters. The van der Waals surface area contributed by atoms with Crippen molar-refractivity contribution < 1.29 is 22.7 Å². The average Bonchev–Trinajstić information content (AvgIpc) is 3.04. The van der Waals surface area contributed by atoms with Crippen molar-refractivity contribution in [3.63, 3.8) is 0 Å². The maximum atomic E-state index is 13.0. The third-order valence-electron chi connectivity index (χ3n) is 5.97. The second-order valence-corrected chi connectivity index (χ2v) is 10.7. The van der Waals surface area contributed by atoms with Gasteiger partial charge in [-0.1, -0.05) is 5.92 Å². The third kappa shape index (κ3) is 4.81. The molecule has 3 heterocycles. The summed E-state index contributed by atoms with van der Waals surface area (Å²) in [5.41, 5.74) is 2.22. The van der Waals surface area contributed by atoms with Gasteiger partial charge in [-0.2, -0.15) is 4.31 Å². The van der Waals surface area contributed by atoms with E-state index in [-0.39, 0.29) is 22.7 Å². The number of amidine groups is 1. The maximum Gasteiger partial charge on any atom is 0.257 e. The zero-order chi connectivity index (χ0) is 24.6. The highest BCUT2D eigenvalue weighted by Gasteiger charge is 2.29. The Kier molecular flexibility index (Phi) is 6.09. The predicted molar refractivity (Wildman–Crippen MR) is 131 cm³/mol. The van der Waals surface area contributed by atoms with Crippen LogP contribution < -0.4 is 14.8 Å². The first-order valence-electron chi connectivity index (χ1n) is 11.4. The van der Waals surface area contributed by atoms with Gasteiger partial charge in [-0.3, -0.25) is 10.1 Å². The number of benzene rings is 2. The first-order valence-corrected chi connectivity index (χ1v) is 12.9. The number of allylic oxidation sites excluding steroid dienone is 1. The Balaban J connectivity index is 1.40. The lowest BCUT2D eigenvalue weighted by Crippen LogP contribution is -2.41. The fraction of sp³-hybridized carbons (Fsp3) is 0.308. The summed E-state index contributed by atoms with van der Waals surface area (Å²) in [6, 6.07) is 9.67. The van der Waals surface area contributed by atoms with E-state index in [0.717, 1.165) is 17.6 Å². The van der Waals surface area contributed by atoms with Crippen LogP contribution in [-0.4, -0.2) is 43.7 Å². The third-order valence-corrected chi connectivity index (χ3v) is 7.89. The van der Waals surface area contributed by atoms with E-state index < -0.39 is 10.0 Å². The van der Waals surface area contributed by atoms with E-state index >= 15 is 0 Å². The van der Waals surface area contributed by atoms with Gasteiger partial charge in [0, 0.05) is 43.3 Å². The molecule has 1 saturated heterocycles. The van der Waals surface area contributed by atoms with Crippen LogP contribution in [0.25, 0.3) is 0 Å². The molecule has 1 fully saturated rings. The smallest absolute Gasteiger partial charge is 0.257 e. The van der Waals surface area contributed by atoms with E-state index in [1.54, 1.807) is 30.5 Å². The van der Waals surface area contributed by atoms with Crippen molar-refractivity contribution in [1.82, 2.24) is 9.62 Å². The van der Waals surface area contributed by atoms with Gasteiger partial charge in [-0.25, -0.2) is 13.4 Å². The van der Waals surface area contributed by atoms with Crippen molar-refractivity contribution in [1.29, 1.82) is 0 Å². The minimum atomic E-state index is -3.47. The molecule has 8 nitrogen and oxygen atoms in total. The van der Waals surface area contributed by atoms with Crippen molar-refractivity contribution >= 4 is 21.8 Å². The minimum absolute atomic E-state index is 0.0556. The molecule has 0 aromatic heterocycles. The number of fused-ring (bicyclic) bond motifs is 1. The number of carbonyl (C=O) groups is 1. The van der Waals surface area contributed by atoms with E-state index in [1.165, 1.54) is 16.4 Å². The molecular weight excluding hydrogens is 466 g/mol. The van der Waals surface area contributed by atoms with Crippen LogP contribution in [0, 0.1) is 11.8 Å². The summed E-state index contributed by atoms with van der Waals surface area (Å²) in [7, 11) is -3.47. The molecule has 1 N–H and O–H groups in total. The van der Waals surface area contributed by atoms with Gasteiger partial charge in [0.15, 0.2) is 5.84 Å². The van der Waals surface area contributed by atoms with Gasteiger partial charge in [-0.15, -0.1) is 0 Å². The maximum absolute atomic E-state index is 13.0. The van der Waals surface area contributed by atoms with E-state index in [0.29, 0.717) is 48.7 Å². The number of aliphatic imine (C=N–C) groups is 1. The van der Waals surface area contributed by atoms with E-state index in [9.17, 15) is 13.2 Å². The topological polar surface area (TPSA) is 97.3 Å². The van der Waals surface area contributed by atoms with Crippen molar-refractivity contribution in [2.45, 2.75) is 44.1 Å². The van der Waals surface area contributed by atoms with E-state index in [4.69, 9.17) is 9.47 Å². The molecule has 0 spiro atoms. The van der Waals surface area contributed by atoms with Gasteiger partial charge >= 0.3 is 0 Å². The van der Waals surface area contributed by atoms with E-state index in [2.05, 4.69) is 22.2 Å². The van der Waals surface area contributed by atoms with Crippen LogP contribution in [0.2, 0.25) is 0 Å². The molecule has 0 aliphatic carbocycles. The van der Waals surface area contributed by atoms with Crippen LogP contribution in [0.1, 0.15) is 42.6 Å². The van der Waals surface area contributed by atoms with Crippen LogP contribution >= 0.6 is 0 Å². The number of amides is 1. The predicted octanol–water partition coefficient (Wildman–Crippen LogP) is 3.64. The summed E-state index contributed by atoms with van der Waals surface area (Å²) in [6.45, 7) is 4.98. The number of hydrogen-bond donors (Lipinski definition) is 1. The second-order valence-electron chi connectivity index (χ2n) is 8.80. The van der Waals surface area contributed by atoms with Crippen molar-refractivity contribution in [2.24, 2.45) is 4.99 Å². The largest absolute Gasteiger partial charge is 0.490 e. The van der Waals surface area contributed by atoms with Crippen molar-refractivity contribution in [3.8, 4) is 29.1 Å². The zero-order valence-corrected chi connectivity index (χ0v) is 20.3. The standard InChI is InChI=1S/C26H25N3O5S/c1-17-5-3-6-25(27-16-17)28-26(30)19-14-23-22(13-18(2)33-23)24(15-19)34-20-7-9-21(10-8-20)35(31,32)29-11-4-12-29/h7-10,14-16,18H,4-5,11-13H2,1-2H3,(H,27,28,30). The molecule has 35 heavy (non-hydrogen) atoms. The van der Waals surface area contributed by atoms with Gasteiger partial charge in [0.25, 0.3) is 5.91 Å². The quantitative estimate of drug-likeness (QED) is 0.644. The number of carbonyl (C=O) groups excluding carboxylic acids is 1. The molecule has 180 valence electrons. The SMILES string of the molecule is CC1=CN=C(NC(=O)c2cc(Oc3ccc(S(=O)(=O)N4CCC4)cc3)c3c(c2)OC(C)C3)C#CC1. The monoisotopic (exact) mass is 491 g/mol. The molecule has 0 saturated carbocycles. The molecular formula is C26H25N3O5S. The average molecular weight is 492 g/mol. The zero-order valence-electron chi connectivity index (χ0n) is 19.5. The molecule has 2 aromatic carbocycles. The molecule has 0 radical (unpaired) electrons. The Hall–Kier alpha value is -3.61. The fourth-order valence-corrected chi connectivity index (χ4v) is 5.46. The number of rotatable bonds is 5. The van der Waals surface area contributed by atoms with Gasteiger partial charge in [-0.05, 0) is 68.2 Å². The number of ether oxygens (including phenoxy) is 2. The lowest BCUT2D eigenvalue weighted by molar-refractivity contribution is 0.0976. The molecule has 0 bridgehead atoms. The number of hydrogen-bond acceptors (Lipinski definition) is 6. The Labute approximate surface area is 204 Å². The van der Waals surface area contributed by atoms with Crippen LogP contribution in [-0.2, 0) is 16.4 Å².